The molecule has 1 aliphatic rings. The lowest BCUT2D eigenvalue weighted by molar-refractivity contribution is -0.153. The maximum atomic E-state index is 12.0. The van der Waals surface area contributed by atoms with Gasteiger partial charge in [0.1, 0.15) is 12.7 Å². The van der Waals surface area contributed by atoms with E-state index in [0.717, 1.165) is 5.57 Å². The highest BCUT2D eigenvalue weighted by molar-refractivity contribution is 5.72. The van der Waals surface area contributed by atoms with Crippen molar-refractivity contribution in [2.45, 2.75) is 61.0 Å². The van der Waals surface area contributed by atoms with E-state index >= 15 is 0 Å². The third-order valence-corrected chi connectivity index (χ3v) is 4.99. The van der Waals surface area contributed by atoms with Gasteiger partial charge in [0.05, 0.1) is 31.0 Å². The van der Waals surface area contributed by atoms with Crippen LogP contribution in [0.5, 0.6) is 0 Å². The van der Waals surface area contributed by atoms with Gasteiger partial charge < -0.3 is 18.9 Å². The lowest BCUT2D eigenvalue weighted by atomic mass is 9.88. The van der Waals surface area contributed by atoms with Gasteiger partial charge in [-0.15, -0.1) is 0 Å². The van der Waals surface area contributed by atoms with Gasteiger partial charge in [-0.3, -0.25) is 19.2 Å². The van der Waals surface area contributed by atoms with Crippen molar-refractivity contribution < 1.29 is 38.1 Å². The van der Waals surface area contributed by atoms with Gasteiger partial charge in [0.25, 0.3) is 0 Å². The van der Waals surface area contributed by atoms with Crippen molar-refractivity contribution in [3.63, 3.8) is 0 Å². The van der Waals surface area contributed by atoms with Crippen LogP contribution >= 0.6 is 0 Å². The third kappa shape index (κ3) is 8.71. The molecule has 0 heterocycles. The van der Waals surface area contributed by atoms with E-state index < -0.39 is 12.1 Å². The highest BCUT2D eigenvalue weighted by Gasteiger charge is 2.40. The largest absolute Gasteiger partial charge is 0.465 e. The molecular weight excluding hydrogens is 404 g/mol. The molecule has 1 aliphatic carbocycles. The van der Waals surface area contributed by atoms with E-state index in [2.05, 4.69) is 0 Å². The molecule has 0 N–H and O–H groups in total. The Hall–Kier alpha value is -2.38. The highest BCUT2D eigenvalue weighted by Crippen LogP contribution is 2.37. The second kappa shape index (κ2) is 12.5. The minimum Gasteiger partial charge on any atom is -0.465 e. The lowest BCUT2D eigenvalue weighted by Gasteiger charge is -2.26. The molecule has 0 saturated heterocycles. The van der Waals surface area contributed by atoms with Crippen LogP contribution in [0, 0.1) is 29.6 Å². The Kier molecular flexibility index (Phi) is 10.7. The summed E-state index contributed by atoms with van der Waals surface area (Å²) in [6, 6.07) is 0. The van der Waals surface area contributed by atoms with Crippen LogP contribution in [0.25, 0.3) is 0 Å². The normalized spacial score (nSPS) is 20.6. The molecule has 0 aromatic carbocycles. The van der Waals surface area contributed by atoms with Gasteiger partial charge in [0.2, 0.25) is 0 Å². The van der Waals surface area contributed by atoms with Gasteiger partial charge in [-0.2, -0.15) is 0 Å². The minimum atomic E-state index is -0.592. The van der Waals surface area contributed by atoms with E-state index in [1.165, 1.54) is 6.92 Å². The Balaban J connectivity index is 3.00. The molecule has 0 fully saturated rings. The molecule has 1 rings (SSSR count). The molecule has 0 spiro atoms. The van der Waals surface area contributed by atoms with E-state index in [1.54, 1.807) is 47.6 Å². The fourth-order valence-corrected chi connectivity index (χ4v) is 3.15. The van der Waals surface area contributed by atoms with Crippen LogP contribution in [-0.2, 0) is 38.1 Å². The second-order valence-electron chi connectivity index (χ2n) is 8.74. The maximum absolute atomic E-state index is 12.0. The zero-order valence-electron chi connectivity index (χ0n) is 19.6. The molecule has 8 heteroatoms. The van der Waals surface area contributed by atoms with Gasteiger partial charge in [0, 0.05) is 18.8 Å². The number of rotatable bonds is 11. The number of hydrogen-bond donors (Lipinski definition) is 0. The van der Waals surface area contributed by atoms with Crippen LogP contribution in [0.1, 0.15) is 54.9 Å². The molecule has 0 aromatic heterocycles. The number of carbonyl (C=O) groups excluding carboxylic acids is 4. The van der Waals surface area contributed by atoms with Crippen LogP contribution in [-0.4, -0.2) is 49.8 Å². The molecule has 31 heavy (non-hydrogen) atoms. The molecule has 0 amide bonds. The fraction of sp³-hybridized carbons (Fsp3) is 0.739. The highest BCUT2D eigenvalue weighted by atomic mass is 16.6. The van der Waals surface area contributed by atoms with Crippen LogP contribution in [0.2, 0.25) is 0 Å². The van der Waals surface area contributed by atoms with Crippen LogP contribution in [0.3, 0.4) is 0 Å². The molecular formula is C23H36O8. The predicted molar refractivity (Wildman–Crippen MR) is 113 cm³/mol. The predicted octanol–water partition coefficient (Wildman–Crippen LogP) is 3.08. The fourth-order valence-electron chi connectivity index (χ4n) is 3.15. The first-order valence-corrected chi connectivity index (χ1v) is 10.8. The molecule has 0 saturated carbocycles. The molecule has 0 bridgehead atoms. The zero-order valence-corrected chi connectivity index (χ0v) is 19.6. The van der Waals surface area contributed by atoms with E-state index in [4.69, 9.17) is 18.9 Å². The SMILES string of the molecule is CC(=O)O[C@@H]1C=C(COC(=O)C(C)C)[C@@H](COC(=O)C(C)C)[C@H]1CCOC(=O)C(C)C. The Bertz CT molecular complexity index is 677. The summed E-state index contributed by atoms with van der Waals surface area (Å²) in [5, 5.41) is 0. The van der Waals surface area contributed by atoms with Gasteiger partial charge in [-0.05, 0) is 18.1 Å². The molecule has 0 radical (unpaired) electrons. The first-order chi connectivity index (χ1) is 14.4. The number of carbonyl (C=O) groups is 4. The van der Waals surface area contributed by atoms with E-state index in [0.29, 0.717) is 6.42 Å². The topological polar surface area (TPSA) is 105 Å². The van der Waals surface area contributed by atoms with Gasteiger partial charge in [0.15, 0.2) is 0 Å². The monoisotopic (exact) mass is 440 g/mol. The Morgan fingerprint density at radius 1 is 0.839 bits per heavy atom. The number of esters is 4. The van der Waals surface area contributed by atoms with Crippen molar-refractivity contribution in [1.29, 1.82) is 0 Å². The van der Waals surface area contributed by atoms with Crippen molar-refractivity contribution >= 4 is 23.9 Å². The first kappa shape index (κ1) is 26.7. The third-order valence-electron chi connectivity index (χ3n) is 4.99. The number of ether oxygens (including phenoxy) is 4. The van der Waals surface area contributed by atoms with Crippen molar-refractivity contribution in [2.75, 3.05) is 19.8 Å². The first-order valence-electron chi connectivity index (χ1n) is 10.8. The van der Waals surface area contributed by atoms with Gasteiger partial charge >= 0.3 is 23.9 Å². The van der Waals surface area contributed by atoms with Crippen molar-refractivity contribution in [3.8, 4) is 0 Å². The van der Waals surface area contributed by atoms with E-state index in [1.807, 2.05) is 0 Å². The smallest absolute Gasteiger partial charge is 0.308 e. The summed E-state index contributed by atoms with van der Waals surface area (Å²) in [6.07, 6.45) is 1.56. The Morgan fingerprint density at radius 2 is 1.35 bits per heavy atom. The van der Waals surface area contributed by atoms with Crippen LogP contribution in [0.4, 0.5) is 0 Å². The summed E-state index contributed by atoms with van der Waals surface area (Å²) in [6.45, 7) is 12.0. The average Bonchev–Trinajstić information content (AvgIpc) is 2.99. The second-order valence-corrected chi connectivity index (χ2v) is 8.74. The molecule has 8 nitrogen and oxygen atoms in total. The molecule has 3 atom stereocenters. The summed E-state index contributed by atoms with van der Waals surface area (Å²) < 4.78 is 21.6. The van der Waals surface area contributed by atoms with Gasteiger partial charge in [-0.1, -0.05) is 41.5 Å². The quantitative estimate of drug-likeness (QED) is 0.274. The lowest BCUT2D eigenvalue weighted by Crippen LogP contribution is -2.31. The summed E-state index contributed by atoms with van der Waals surface area (Å²) in [7, 11) is 0. The minimum absolute atomic E-state index is 0.0148. The summed E-state index contributed by atoms with van der Waals surface area (Å²) in [4.78, 5) is 47.4. The maximum Gasteiger partial charge on any atom is 0.308 e. The Morgan fingerprint density at radius 3 is 1.87 bits per heavy atom. The summed E-state index contributed by atoms with van der Waals surface area (Å²) in [5.74, 6) is -2.90. The van der Waals surface area contributed by atoms with Crippen molar-refractivity contribution in [3.05, 3.63) is 11.6 Å². The van der Waals surface area contributed by atoms with Crippen molar-refractivity contribution in [2.24, 2.45) is 29.6 Å². The zero-order chi connectivity index (χ0) is 23.7. The van der Waals surface area contributed by atoms with Crippen LogP contribution < -0.4 is 0 Å². The average molecular weight is 441 g/mol. The molecule has 176 valence electrons. The van der Waals surface area contributed by atoms with E-state index in [9.17, 15) is 19.2 Å². The van der Waals surface area contributed by atoms with Crippen molar-refractivity contribution in [1.82, 2.24) is 0 Å². The standard InChI is InChI=1S/C23H36O8/c1-13(2)21(25)28-9-8-18-19(12-30-23(27)15(5)6)17(10-20(18)31-16(7)24)11-29-22(26)14(3)4/h10,13-15,18-20H,8-9,11-12H2,1-7H3/t18-,19-,20-/m1/s1. The summed E-state index contributed by atoms with van der Waals surface area (Å²) in [5.41, 5.74) is 0.719. The molecule has 0 aliphatic heterocycles. The number of hydrogen-bond acceptors (Lipinski definition) is 8. The molecule has 0 aromatic rings. The van der Waals surface area contributed by atoms with Crippen LogP contribution in [0.15, 0.2) is 11.6 Å². The van der Waals surface area contributed by atoms with Gasteiger partial charge in [-0.25, -0.2) is 0 Å². The molecule has 0 unspecified atom stereocenters. The Labute approximate surface area is 184 Å². The summed E-state index contributed by atoms with van der Waals surface area (Å²) >= 11 is 0. The van der Waals surface area contributed by atoms with E-state index in [-0.39, 0.29) is 67.3 Å².